The second-order valence-electron chi connectivity index (χ2n) is 5.88. The van der Waals surface area contributed by atoms with Gasteiger partial charge in [0.15, 0.2) is 6.61 Å². The number of carbonyl (C=O) groups excluding carboxylic acids is 3. The van der Waals surface area contributed by atoms with Crippen LogP contribution in [0.1, 0.15) is 31.8 Å². The molecule has 2 N–H and O–H groups in total. The van der Waals surface area contributed by atoms with E-state index in [9.17, 15) is 40.7 Å². The van der Waals surface area contributed by atoms with Gasteiger partial charge in [0.1, 0.15) is 0 Å². The Morgan fingerprint density at radius 2 is 1.32 bits per heavy atom. The molecule has 6 nitrogen and oxygen atoms in total. The van der Waals surface area contributed by atoms with E-state index in [1.807, 2.05) is 10.9 Å². The fraction of sp³-hybridized carbons (Fsp3) is 0.167. The number of hydrogen-bond acceptors (Lipinski definition) is 4. The molecule has 166 valence electrons. The van der Waals surface area contributed by atoms with Gasteiger partial charge in [-0.1, -0.05) is 11.6 Å². The van der Waals surface area contributed by atoms with Crippen LogP contribution in [0.25, 0.3) is 0 Å². The van der Waals surface area contributed by atoms with E-state index in [1.165, 1.54) is 24.3 Å². The zero-order valence-electron chi connectivity index (χ0n) is 15.0. The van der Waals surface area contributed by atoms with E-state index in [4.69, 9.17) is 11.6 Å². The summed E-state index contributed by atoms with van der Waals surface area (Å²) in [7, 11) is 0. The SMILES string of the molecule is O=C(COC(=O)c1cc(C(F)(F)F)cc(C(F)(F)F)c1)NNC(=O)c1ccc(Cl)cc1. The van der Waals surface area contributed by atoms with Crippen molar-refractivity contribution in [1.29, 1.82) is 0 Å². The van der Waals surface area contributed by atoms with Crippen LogP contribution in [0, 0.1) is 0 Å². The van der Waals surface area contributed by atoms with E-state index in [-0.39, 0.29) is 23.8 Å². The van der Waals surface area contributed by atoms with Gasteiger partial charge in [-0.25, -0.2) is 4.79 Å². The van der Waals surface area contributed by atoms with Crippen LogP contribution in [0.15, 0.2) is 42.5 Å². The summed E-state index contributed by atoms with van der Waals surface area (Å²) in [5.74, 6) is -3.46. The lowest BCUT2D eigenvalue weighted by molar-refractivity contribution is -0.143. The predicted octanol–water partition coefficient (Wildman–Crippen LogP) is 4.00. The number of ether oxygens (including phenoxy) is 1. The van der Waals surface area contributed by atoms with Crippen molar-refractivity contribution >= 4 is 29.4 Å². The Morgan fingerprint density at radius 3 is 1.81 bits per heavy atom. The van der Waals surface area contributed by atoms with Gasteiger partial charge in [-0.05, 0) is 42.5 Å². The summed E-state index contributed by atoms with van der Waals surface area (Å²) in [6.07, 6.45) is -10.3. The van der Waals surface area contributed by atoms with Crippen molar-refractivity contribution in [2.45, 2.75) is 12.4 Å². The molecule has 0 radical (unpaired) electrons. The summed E-state index contributed by atoms with van der Waals surface area (Å²) in [6, 6.07) is 5.67. The van der Waals surface area contributed by atoms with Crippen molar-refractivity contribution in [3.63, 3.8) is 0 Å². The predicted molar refractivity (Wildman–Crippen MR) is 93.8 cm³/mol. The van der Waals surface area contributed by atoms with Crippen molar-refractivity contribution < 1.29 is 45.5 Å². The molecule has 0 saturated carbocycles. The molecule has 13 heteroatoms. The van der Waals surface area contributed by atoms with E-state index in [2.05, 4.69) is 4.74 Å². The molecular formula is C18H11ClF6N2O4. The van der Waals surface area contributed by atoms with Crippen LogP contribution < -0.4 is 10.9 Å². The van der Waals surface area contributed by atoms with E-state index in [0.717, 1.165) is 0 Å². The van der Waals surface area contributed by atoms with Crippen LogP contribution in [0.3, 0.4) is 0 Å². The third kappa shape index (κ3) is 6.88. The highest BCUT2D eigenvalue weighted by atomic mass is 35.5. The molecule has 0 unspecified atom stereocenters. The second-order valence-corrected chi connectivity index (χ2v) is 6.32. The minimum absolute atomic E-state index is 0.116. The molecule has 0 atom stereocenters. The number of nitrogens with one attached hydrogen (secondary N) is 2. The first-order chi connectivity index (χ1) is 14.3. The Kier molecular flexibility index (Phi) is 7.16. The van der Waals surface area contributed by atoms with Gasteiger partial charge >= 0.3 is 18.3 Å². The van der Waals surface area contributed by atoms with Crippen molar-refractivity contribution in [1.82, 2.24) is 10.9 Å². The summed E-state index contributed by atoms with van der Waals surface area (Å²) in [4.78, 5) is 35.3. The second kappa shape index (κ2) is 9.25. The average Bonchev–Trinajstić information content (AvgIpc) is 2.69. The first-order valence-electron chi connectivity index (χ1n) is 8.09. The summed E-state index contributed by atoms with van der Waals surface area (Å²) in [5, 5.41) is 0.357. The van der Waals surface area contributed by atoms with Gasteiger partial charge < -0.3 is 4.74 Å². The Morgan fingerprint density at radius 1 is 0.806 bits per heavy atom. The molecule has 0 aliphatic heterocycles. The molecule has 31 heavy (non-hydrogen) atoms. The quantitative estimate of drug-likeness (QED) is 0.404. The lowest BCUT2D eigenvalue weighted by Gasteiger charge is -2.14. The maximum absolute atomic E-state index is 12.8. The summed E-state index contributed by atoms with van der Waals surface area (Å²) in [5.41, 5.74) is -0.533. The zero-order valence-corrected chi connectivity index (χ0v) is 15.8. The zero-order chi connectivity index (χ0) is 23.4. The first-order valence-corrected chi connectivity index (χ1v) is 8.46. The van der Waals surface area contributed by atoms with Gasteiger partial charge in [-0.2, -0.15) is 26.3 Å². The number of alkyl halides is 6. The molecule has 2 aromatic carbocycles. The van der Waals surface area contributed by atoms with Crippen molar-refractivity contribution in [2.24, 2.45) is 0 Å². The van der Waals surface area contributed by atoms with Crippen molar-refractivity contribution in [3.05, 3.63) is 69.7 Å². The summed E-state index contributed by atoms with van der Waals surface area (Å²) in [6.45, 7) is -1.09. The van der Waals surface area contributed by atoms with Crippen molar-refractivity contribution in [3.8, 4) is 0 Å². The fourth-order valence-electron chi connectivity index (χ4n) is 2.12. The topological polar surface area (TPSA) is 84.5 Å². The highest BCUT2D eigenvalue weighted by Crippen LogP contribution is 2.36. The van der Waals surface area contributed by atoms with Crippen LogP contribution in [0.2, 0.25) is 5.02 Å². The van der Waals surface area contributed by atoms with Crippen LogP contribution in [-0.4, -0.2) is 24.4 Å². The molecule has 2 amide bonds. The number of hydrogen-bond donors (Lipinski definition) is 2. The molecular weight excluding hydrogens is 458 g/mol. The number of benzene rings is 2. The minimum atomic E-state index is -5.15. The minimum Gasteiger partial charge on any atom is -0.452 e. The monoisotopic (exact) mass is 468 g/mol. The molecule has 0 saturated heterocycles. The van der Waals surface area contributed by atoms with E-state index in [0.29, 0.717) is 5.02 Å². The standard InChI is InChI=1S/C18H11ClF6N2O4/c19-13-3-1-9(2-4-13)15(29)27-26-14(28)8-31-16(30)10-5-11(17(20,21)22)7-12(6-10)18(23,24)25/h1-7H,8H2,(H,26,28)(H,27,29). The van der Waals surface area contributed by atoms with E-state index in [1.54, 1.807) is 0 Å². The van der Waals surface area contributed by atoms with Gasteiger partial charge in [0.25, 0.3) is 11.8 Å². The maximum atomic E-state index is 12.8. The number of hydrazine groups is 1. The van der Waals surface area contributed by atoms with Crippen molar-refractivity contribution in [2.75, 3.05) is 6.61 Å². The van der Waals surface area contributed by atoms with Crippen LogP contribution in [-0.2, 0) is 21.9 Å². The largest absolute Gasteiger partial charge is 0.452 e. The molecule has 2 rings (SSSR count). The fourth-order valence-corrected chi connectivity index (χ4v) is 2.25. The average molecular weight is 469 g/mol. The first kappa shape index (κ1) is 24.0. The molecule has 0 heterocycles. The highest BCUT2D eigenvalue weighted by molar-refractivity contribution is 6.30. The molecule has 0 aliphatic rings. The van der Waals surface area contributed by atoms with Crippen LogP contribution >= 0.6 is 11.6 Å². The Hall–Kier alpha value is -3.28. The molecule has 0 aliphatic carbocycles. The number of rotatable bonds is 4. The molecule has 0 bridgehead atoms. The van der Waals surface area contributed by atoms with Gasteiger partial charge in [0.2, 0.25) is 0 Å². The lowest BCUT2D eigenvalue weighted by Crippen LogP contribution is -2.43. The number of carbonyl (C=O) groups is 3. The Balaban J connectivity index is 2.00. The van der Waals surface area contributed by atoms with Gasteiger partial charge in [-0.15, -0.1) is 0 Å². The Labute approximate surface area is 175 Å². The van der Waals surface area contributed by atoms with E-state index < -0.39 is 53.4 Å². The normalized spacial score (nSPS) is 11.6. The Bertz CT molecular complexity index is 958. The third-order valence-corrected chi connectivity index (χ3v) is 3.83. The third-order valence-electron chi connectivity index (χ3n) is 3.58. The maximum Gasteiger partial charge on any atom is 0.416 e. The molecule has 0 aromatic heterocycles. The van der Waals surface area contributed by atoms with Crippen LogP contribution in [0.4, 0.5) is 26.3 Å². The van der Waals surface area contributed by atoms with E-state index >= 15 is 0 Å². The summed E-state index contributed by atoms with van der Waals surface area (Å²) >= 11 is 5.66. The molecule has 0 spiro atoms. The summed E-state index contributed by atoms with van der Waals surface area (Å²) < 4.78 is 81.3. The van der Waals surface area contributed by atoms with Crippen LogP contribution in [0.5, 0.6) is 0 Å². The van der Waals surface area contributed by atoms with Gasteiger partial charge in [-0.3, -0.25) is 20.4 Å². The molecule has 2 aromatic rings. The highest BCUT2D eigenvalue weighted by Gasteiger charge is 2.37. The lowest BCUT2D eigenvalue weighted by atomic mass is 10.0. The number of halogens is 7. The van der Waals surface area contributed by atoms with Gasteiger partial charge in [0.05, 0.1) is 16.7 Å². The smallest absolute Gasteiger partial charge is 0.416 e. The number of amides is 2. The number of esters is 1. The molecule has 0 fully saturated rings. The van der Waals surface area contributed by atoms with Gasteiger partial charge in [0, 0.05) is 10.6 Å².